The van der Waals surface area contributed by atoms with Crippen LogP contribution in [0.3, 0.4) is 0 Å². The Morgan fingerprint density at radius 1 is 1.14 bits per heavy atom. The average Bonchev–Trinajstić information content (AvgIpc) is 2.71. The number of hydrogen-bond acceptors (Lipinski definition) is 5. The highest BCUT2D eigenvalue weighted by Crippen LogP contribution is 2.15. The van der Waals surface area contributed by atoms with Gasteiger partial charge in [0.15, 0.2) is 0 Å². The minimum absolute atomic E-state index is 0.0401. The third-order valence-corrected chi connectivity index (χ3v) is 4.71. The van der Waals surface area contributed by atoms with Crippen LogP contribution in [-0.2, 0) is 19.2 Å². The molecule has 28 heavy (non-hydrogen) atoms. The molecule has 1 aromatic rings. The molecular weight excluding hydrogens is 366 g/mol. The largest absolute Gasteiger partial charge is 0.352 e. The third kappa shape index (κ3) is 3.80. The molecule has 0 saturated carbocycles. The normalized spacial score (nSPS) is 20.2. The lowest BCUT2D eigenvalue weighted by atomic mass is 10.0. The third-order valence-electron chi connectivity index (χ3n) is 4.71. The number of piperazine rings is 1. The van der Waals surface area contributed by atoms with Crippen LogP contribution in [0.5, 0.6) is 0 Å². The van der Waals surface area contributed by atoms with Crippen LogP contribution >= 0.6 is 0 Å². The molecule has 2 saturated heterocycles. The molecular formula is C18H21N5O5. The Balaban J connectivity index is 1.74. The van der Waals surface area contributed by atoms with Gasteiger partial charge < -0.3 is 20.9 Å². The van der Waals surface area contributed by atoms with Crippen LogP contribution in [0.1, 0.15) is 18.5 Å². The van der Waals surface area contributed by atoms with Gasteiger partial charge in [-0.1, -0.05) is 30.3 Å². The number of amides is 6. The summed E-state index contributed by atoms with van der Waals surface area (Å²) in [4.78, 5) is 63.1. The maximum Gasteiger partial charge on any atom is 0.325 e. The Hall–Kier alpha value is -3.43. The first-order valence-corrected chi connectivity index (χ1v) is 8.96. The Bertz CT molecular complexity index is 812. The molecule has 6 amide bonds. The summed E-state index contributed by atoms with van der Waals surface area (Å²) in [6, 6.07) is 5.84. The van der Waals surface area contributed by atoms with Gasteiger partial charge in [0.2, 0.25) is 11.8 Å². The van der Waals surface area contributed by atoms with E-state index in [1.54, 1.807) is 37.3 Å². The Kier molecular flexibility index (Phi) is 5.57. The molecule has 2 fully saturated rings. The maximum atomic E-state index is 12.7. The highest BCUT2D eigenvalue weighted by Gasteiger charge is 2.38. The van der Waals surface area contributed by atoms with E-state index in [1.807, 2.05) is 0 Å². The van der Waals surface area contributed by atoms with E-state index in [1.165, 1.54) is 4.90 Å². The second-order valence-electron chi connectivity index (χ2n) is 6.44. The molecule has 2 unspecified atom stereocenters. The molecule has 0 bridgehead atoms. The number of urea groups is 1. The molecule has 0 aliphatic carbocycles. The summed E-state index contributed by atoms with van der Waals surface area (Å²) in [7, 11) is 0. The molecule has 2 heterocycles. The maximum absolute atomic E-state index is 12.7. The van der Waals surface area contributed by atoms with Crippen LogP contribution < -0.4 is 16.0 Å². The number of carbonyl (C=O) groups is 5. The number of carbonyl (C=O) groups excluding carboxylic acids is 5. The molecule has 3 N–H and O–H groups in total. The van der Waals surface area contributed by atoms with Gasteiger partial charge >= 0.3 is 17.8 Å². The fourth-order valence-corrected chi connectivity index (χ4v) is 2.98. The number of likely N-dealkylation sites (N-methyl/N-ethyl adjacent to an activating group) is 1. The first-order valence-electron chi connectivity index (χ1n) is 8.96. The zero-order valence-corrected chi connectivity index (χ0v) is 15.3. The van der Waals surface area contributed by atoms with E-state index in [9.17, 15) is 24.0 Å². The lowest BCUT2D eigenvalue weighted by molar-refractivity contribution is -0.153. The number of imide groups is 1. The summed E-state index contributed by atoms with van der Waals surface area (Å²) < 4.78 is 0. The van der Waals surface area contributed by atoms with Gasteiger partial charge in [0.25, 0.3) is 0 Å². The minimum atomic E-state index is -1.12. The number of hydrogen-bond donors (Lipinski definition) is 3. The SMILES string of the molecule is CCN1CCN(C(=O)NC(C(=O)NC2CNC2=O)c2ccccc2)C(=O)C1=O. The summed E-state index contributed by atoms with van der Waals surface area (Å²) in [5.74, 6) is -2.57. The molecule has 10 heteroatoms. The molecule has 10 nitrogen and oxygen atoms in total. The fraction of sp³-hybridized carbons (Fsp3) is 0.389. The van der Waals surface area contributed by atoms with E-state index < -0.39 is 35.8 Å². The first kappa shape index (κ1) is 19.3. The van der Waals surface area contributed by atoms with Crippen LogP contribution in [-0.4, -0.2) is 71.7 Å². The summed E-state index contributed by atoms with van der Waals surface area (Å²) in [5.41, 5.74) is 0.485. The molecule has 2 aliphatic rings. The molecule has 0 radical (unpaired) electrons. The Morgan fingerprint density at radius 2 is 1.86 bits per heavy atom. The molecule has 148 valence electrons. The number of β-lactam (4-membered cyclic amide) rings is 1. The van der Waals surface area contributed by atoms with Crippen molar-refractivity contribution in [2.45, 2.75) is 19.0 Å². The Morgan fingerprint density at radius 3 is 2.43 bits per heavy atom. The second kappa shape index (κ2) is 8.07. The predicted molar refractivity (Wildman–Crippen MR) is 96.6 cm³/mol. The molecule has 0 aromatic heterocycles. The molecule has 2 atom stereocenters. The van der Waals surface area contributed by atoms with Crippen LogP contribution in [0.25, 0.3) is 0 Å². The van der Waals surface area contributed by atoms with Crippen molar-refractivity contribution in [1.29, 1.82) is 0 Å². The highest BCUT2D eigenvalue weighted by atomic mass is 16.2. The van der Waals surface area contributed by atoms with Gasteiger partial charge in [-0.3, -0.25) is 24.1 Å². The van der Waals surface area contributed by atoms with Crippen molar-refractivity contribution in [2.75, 3.05) is 26.2 Å². The quantitative estimate of drug-likeness (QED) is 0.429. The standard InChI is InChI=1S/C18H21N5O5/c1-2-22-8-9-23(17(27)16(22)26)18(28)21-13(11-6-4-3-5-7-11)15(25)20-12-10-19-14(12)24/h3-7,12-13H,2,8-10H2,1H3,(H,19,24)(H,20,25)(H,21,28). The van der Waals surface area contributed by atoms with E-state index in [4.69, 9.17) is 0 Å². The predicted octanol–water partition coefficient (Wildman–Crippen LogP) is -1.26. The Labute approximate surface area is 161 Å². The van der Waals surface area contributed by atoms with E-state index >= 15 is 0 Å². The lowest BCUT2D eigenvalue weighted by Gasteiger charge is -2.33. The summed E-state index contributed by atoms with van der Waals surface area (Å²) >= 11 is 0. The van der Waals surface area contributed by atoms with Crippen molar-refractivity contribution in [3.8, 4) is 0 Å². The number of nitrogens with zero attached hydrogens (tertiary/aromatic N) is 2. The first-order chi connectivity index (χ1) is 13.4. The zero-order valence-electron chi connectivity index (χ0n) is 15.3. The van der Waals surface area contributed by atoms with E-state index in [0.29, 0.717) is 18.7 Å². The minimum Gasteiger partial charge on any atom is -0.352 e. The van der Waals surface area contributed by atoms with Crippen LogP contribution in [0.15, 0.2) is 30.3 Å². The van der Waals surface area contributed by atoms with E-state index in [0.717, 1.165) is 4.90 Å². The van der Waals surface area contributed by atoms with Gasteiger partial charge in [-0.15, -0.1) is 0 Å². The highest BCUT2D eigenvalue weighted by molar-refractivity contribution is 6.38. The smallest absolute Gasteiger partial charge is 0.325 e. The second-order valence-corrected chi connectivity index (χ2v) is 6.44. The van der Waals surface area contributed by atoms with E-state index in [2.05, 4.69) is 16.0 Å². The number of nitrogens with one attached hydrogen (secondary N) is 3. The van der Waals surface area contributed by atoms with E-state index in [-0.39, 0.29) is 19.0 Å². The van der Waals surface area contributed by atoms with Crippen molar-refractivity contribution in [2.24, 2.45) is 0 Å². The van der Waals surface area contributed by atoms with Crippen LogP contribution in [0, 0.1) is 0 Å². The van der Waals surface area contributed by atoms with Gasteiger partial charge in [-0.25, -0.2) is 4.79 Å². The summed E-state index contributed by atoms with van der Waals surface area (Å²) in [6.45, 7) is 2.70. The molecule has 3 rings (SSSR count). The van der Waals surface area contributed by atoms with Gasteiger partial charge in [0.05, 0.1) is 0 Å². The molecule has 0 spiro atoms. The molecule has 2 aliphatic heterocycles. The van der Waals surface area contributed by atoms with Crippen molar-refractivity contribution < 1.29 is 24.0 Å². The van der Waals surface area contributed by atoms with Gasteiger partial charge in [-0.2, -0.15) is 0 Å². The summed E-state index contributed by atoms with van der Waals surface area (Å²) in [6.07, 6.45) is 0. The van der Waals surface area contributed by atoms with Crippen molar-refractivity contribution in [3.05, 3.63) is 35.9 Å². The van der Waals surface area contributed by atoms with Gasteiger partial charge in [0, 0.05) is 26.2 Å². The van der Waals surface area contributed by atoms with Crippen molar-refractivity contribution >= 4 is 29.7 Å². The number of rotatable bonds is 5. The average molecular weight is 387 g/mol. The van der Waals surface area contributed by atoms with Gasteiger partial charge in [-0.05, 0) is 12.5 Å². The van der Waals surface area contributed by atoms with Crippen molar-refractivity contribution in [3.63, 3.8) is 0 Å². The van der Waals surface area contributed by atoms with Crippen LogP contribution in [0.4, 0.5) is 4.79 Å². The van der Waals surface area contributed by atoms with Crippen LogP contribution in [0.2, 0.25) is 0 Å². The van der Waals surface area contributed by atoms with Crippen molar-refractivity contribution in [1.82, 2.24) is 25.8 Å². The monoisotopic (exact) mass is 387 g/mol. The topological polar surface area (TPSA) is 128 Å². The molecule has 1 aromatic carbocycles. The summed E-state index contributed by atoms with van der Waals surface area (Å²) in [5, 5.41) is 7.59. The fourth-order valence-electron chi connectivity index (χ4n) is 2.98. The number of benzene rings is 1. The van der Waals surface area contributed by atoms with Gasteiger partial charge in [0.1, 0.15) is 12.1 Å². The zero-order chi connectivity index (χ0) is 20.3. The lowest BCUT2D eigenvalue weighted by Crippen LogP contribution is -2.63.